The van der Waals surface area contributed by atoms with Crippen LogP contribution in [0.15, 0.2) is 0 Å². The zero-order valence-corrected chi connectivity index (χ0v) is 6.92. The van der Waals surface area contributed by atoms with E-state index in [1.54, 1.807) is 0 Å². The molecule has 0 unspecified atom stereocenters. The number of hydrogen-bond donors (Lipinski definition) is 2. The van der Waals surface area contributed by atoms with Crippen molar-refractivity contribution in [3.05, 3.63) is 0 Å². The van der Waals surface area contributed by atoms with Crippen molar-refractivity contribution < 1.29 is 5.11 Å². The summed E-state index contributed by atoms with van der Waals surface area (Å²) in [6.45, 7) is 1.16. The first kappa shape index (κ1) is 7.56. The quantitative estimate of drug-likeness (QED) is 0.589. The first-order chi connectivity index (χ1) is 5.38. The van der Waals surface area contributed by atoms with Crippen molar-refractivity contribution in [3.63, 3.8) is 0 Å². The Morgan fingerprint density at radius 3 is 2.55 bits per heavy atom. The molecular formula is C9H17NO. The zero-order valence-electron chi connectivity index (χ0n) is 6.92. The Hall–Kier alpha value is -0.0800. The fourth-order valence-corrected chi connectivity index (χ4v) is 2.52. The maximum absolute atomic E-state index is 9.61. The topological polar surface area (TPSA) is 32.3 Å². The van der Waals surface area contributed by atoms with Crippen LogP contribution in [-0.4, -0.2) is 23.8 Å². The van der Waals surface area contributed by atoms with Crippen molar-refractivity contribution in [1.82, 2.24) is 5.32 Å². The van der Waals surface area contributed by atoms with Crippen molar-refractivity contribution in [1.29, 1.82) is 0 Å². The predicted molar refractivity (Wildman–Crippen MR) is 44.4 cm³/mol. The average Bonchev–Trinajstić information content (AvgIpc) is 2.55. The van der Waals surface area contributed by atoms with Gasteiger partial charge in [0.2, 0.25) is 0 Å². The molecule has 0 aromatic heterocycles. The van der Waals surface area contributed by atoms with Gasteiger partial charge >= 0.3 is 0 Å². The summed E-state index contributed by atoms with van der Waals surface area (Å²) in [4.78, 5) is 0. The SMILES string of the molecule is O[C@@H]1CCC[C@@H]1[C@@H]1CCCN1. The summed E-state index contributed by atoms with van der Waals surface area (Å²) in [5.41, 5.74) is 0. The molecule has 1 saturated carbocycles. The number of aliphatic hydroxyl groups is 1. The van der Waals surface area contributed by atoms with E-state index in [0.717, 1.165) is 13.0 Å². The second-order valence-electron chi connectivity index (χ2n) is 3.86. The molecule has 0 amide bonds. The first-order valence-corrected chi connectivity index (χ1v) is 4.79. The minimum absolute atomic E-state index is 0.00870. The molecular weight excluding hydrogens is 138 g/mol. The highest BCUT2D eigenvalue weighted by Gasteiger charge is 2.33. The molecule has 64 valence electrons. The predicted octanol–water partition coefficient (Wildman–Crippen LogP) is 0.899. The molecule has 1 aliphatic carbocycles. The normalized spacial score (nSPS) is 45.0. The van der Waals surface area contributed by atoms with Gasteiger partial charge in [0.25, 0.3) is 0 Å². The Morgan fingerprint density at radius 2 is 2.00 bits per heavy atom. The molecule has 2 rings (SSSR count). The van der Waals surface area contributed by atoms with E-state index >= 15 is 0 Å². The third-order valence-electron chi connectivity index (χ3n) is 3.15. The van der Waals surface area contributed by atoms with E-state index in [1.165, 1.54) is 25.7 Å². The molecule has 0 radical (unpaired) electrons. The second kappa shape index (κ2) is 3.11. The minimum atomic E-state index is -0.00870. The van der Waals surface area contributed by atoms with Gasteiger partial charge in [-0.3, -0.25) is 0 Å². The van der Waals surface area contributed by atoms with Crippen LogP contribution in [0.4, 0.5) is 0 Å². The lowest BCUT2D eigenvalue weighted by molar-refractivity contribution is 0.114. The summed E-state index contributed by atoms with van der Waals surface area (Å²) in [5, 5.41) is 13.1. The standard InChI is InChI=1S/C9H17NO/c11-9-5-1-3-7(9)8-4-2-6-10-8/h7-11H,1-6H2/t7-,8+,9-/m1/s1. The van der Waals surface area contributed by atoms with E-state index in [9.17, 15) is 5.11 Å². The lowest BCUT2D eigenvalue weighted by Gasteiger charge is -2.21. The van der Waals surface area contributed by atoms with Crippen molar-refractivity contribution in [2.75, 3.05) is 6.54 Å². The van der Waals surface area contributed by atoms with Gasteiger partial charge in [-0.2, -0.15) is 0 Å². The molecule has 1 saturated heterocycles. The summed E-state index contributed by atoms with van der Waals surface area (Å²) in [6.07, 6.45) is 6.06. The molecule has 2 nitrogen and oxygen atoms in total. The second-order valence-corrected chi connectivity index (χ2v) is 3.86. The Morgan fingerprint density at radius 1 is 1.09 bits per heavy atom. The molecule has 0 aromatic carbocycles. The Kier molecular flexibility index (Phi) is 2.14. The van der Waals surface area contributed by atoms with Gasteiger partial charge in [0.05, 0.1) is 6.10 Å². The largest absolute Gasteiger partial charge is 0.393 e. The Bertz CT molecular complexity index is 132. The number of hydrogen-bond acceptors (Lipinski definition) is 2. The van der Waals surface area contributed by atoms with Gasteiger partial charge in [0, 0.05) is 12.0 Å². The van der Waals surface area contributed by atoms with Crippen LogP contribution in [0, 0.1) is 5.92 Å². The molecule has 1 aliphatic heterocycles. The molecule has 0 spiro atoms. The van der Waals surface area contributed by atoms with Gasteiger partial charge in [-0.05, 0) is 32.2 Å². The van der Waals surface area contributed by atoms with Crippen LogP contribution >= 0.6 is 0 Å². The summed E-state index contributed by atoms with van der Waals surface area (Å²) in [7, 11) is 0. The van der Waals surface area contributed by atoms with E-state index in [4.69, 9.17) is 0 Å². The summed E-state index contributed by atoms with van der Waals surface area (Å²) in [6, 6.07) is 0.632. The highest BCUT2D eigenvalue weighted by atomic mass is 16.3. The monoisotopic (exact) mass is 155 g/mol. The molecule has 0 bridgehead atoms. The van der Waals surface area contributed by atoms with Crippen LogP contribution in [0.5, 0.6) is 0 Å². The highest BCUT2D eigenvalue weighted by Crippen LogP contribution is 2.31. The third-order valence-corrected chi connectivity index (χ3v) is 3.15. The minimum Gasteiger partial charge on any atom is -0.393 e. The smallest absolute Gasteiger partial charge is 0.0583 e. The number of rotatable bonds is 1. The number of aliphatic hydroxyl groups excluding tert-OH is 1. The highest BCUT2D eigenvalue weighted by molar-refractivity contribution is 4.89. The van der Waals surface area contributed by atoms with Gasteiger partial charge < -0.3 is 10.4 Å². The summed E-state index contributed by atoms with van der Waals surface area (Å²) >= 11 is 0. The fraction of sp³-hybridized carbons (Fsp3) is 1.00. The van der Waals surface area contributed by atoms with E-state index in [0.29, 0.717) is 12.0 Å². The van der Waals surface area contributed by atoms with E-state index < -0.39 is 0 Å². The summed E-state index contributed by atoms with van der Waals surface area (Å²) in [5.74, 6) is 0.567. The van der Waals surface area contributed by atoms with Crippen molar-refractivity contribution in [3.8, 4) is 0 Å². The van der Waals surface area contributed by atoms with E-state index in [-0.39, 0.29) is 6.10 Å². The molecule has 0 aromatic rings. The maximum atomic E-state index is 9.61. The van der Waals surface area contributed by atoms with Crippen molar-refractivity contribution >= 4 is 0 Å². The van der Waals surface area contributed by atoms with Gasteiger partial charge in [0.1, 0.15) is 0 Å². The number of nitrogens with one attached hydrogen (secondary N) is 1. The summed E-state index contributed by atoms with van der Waals surface area (Å²) < 4.78 is 0. The molecule has 3 atom stereocenters. The molecule has 2 aliphatic rings. The lowest BCUT2D eigenvalue weighted by atomic mass is 9.95. The molecule has 2 fully saturated rings. The zero-order chi connectivity index (χ0) is 7.68. The van der Waals surface area contributed by atoms with Gasteiger partial charge in [-0.15, -0.1) is 0 Å². The van der Waals surface area contributed by atoms with Crippen LogP contribution in [0.25, 0.3) is 0 Å². The van der Waals surface area contributed by atoms with Crippen molar-refractivity contribution in [2.24, 2.45) is 5.92 Å². The van der Waals surface area contributed by atoms with Crippen LogP contribution in [-0.2, 0) is 0 Å². The van der Waals surface area contributed by atoms with Crippen LogP contribution in [0.3, 0.4) is 0 Å². The van der Waals surface area contributed by atoms with Crippen molar-refractivity contribution in [2.45, 2.75) is 44.2 Å². The van der Waals surface area contributed by atoms with Gasteiger partial charge in [-0.1, -0.05) is 6.42 Å². The van der Waals surface area contributed by atoms with E-state index in [1.807, 2.05) is 0 Å². The molecule has 1 heterocycles. The van der Waals surface area contributed by atoms with Crippen LogP contribution in [0.1, 0.15) is 32.1 Å². The molecule has 11 heavy (non-hydrogen) atoms. The molecule has 2 heteroatoms. The average molecular weight is 155 g/mol. The Labute approximate surface area is 68.0 Å². The Balaban J connectivity index is 1.92. The lowest BCUT2D eigenvalue weighted by Crippen LogP contribution is -2.34. The first-order valence-electron chi connectivity index (χ1n) is 4.79. The van der Waals surface area contributed by atoms with Crippen LogP contribution in [0.2, 0.25) is 0 Å². The van der Waals surface area contributed by atoms with E-state index in [2.05, 4.69) is 5.32 Å². The molecule has 2 N–H and O–H groups in total. The van der Waals surface area contributed by atoms with Gasteiger partial charge in [0.15, 0.2) is 0 Å². The maximum Gasteiger partial charge on any atom is 0.0583 e. The van der Waals surface area contributed by atoms with Crippen LogP contribution < -0.4 is 5.32 Å². The fourth-order valence-electron chi connectivity index (χ4n) is 2.52. The third kappa shape index (κ3) is 1.42. The van der Waals surface area contributed by atoms with Gasteiger partial charge in [-0.25, -0.2) is 0 Å².